The summed E-state index contributed by atoms with van der Waals surface area (Å²) >= 11 is 0. The Hall–Kier alpha value is 2.47. The predicted molar refractivity (Wildman–Crippen MR) is 19.9 cm³/mol. The van der Waals surface area contributed by atoms with Crippen LogP contribution >= 0.6 is 0 Å². The first kappa shape index (κ1) is 31.8. The molecule has 0 nitrogen and oxygen atoms in total. The molecule has 0 aliphatic heterocycles. The van der Waals surface area contributed by atoms with Crippen LogP contribution in [-0.4, -0.2) is 25.8 Å². The van der Waals surface area contributed by atoms with Crippen molar-refractivity contribution in [3.05, 3.63) is 0 Å². The third-order valence-electron chi connectivity index (χ3n) is 0. The van der Waals surface area contributed by atoms with E-state index in [1.54, 1.807) is 0 Å². The molecule has 4 heavy (non-hydrogen) atoms. The fraction of sp³-hybridized carbons (Fsp3) is 0. The van der Waals surface area contributed by atoms with Crippen molar-refractivity contribution in [2.45, 2.75) is 0 Å². The van der Waals surface area contributed by atoms with Crippen LogP contribution in [0.25, 0.3) is 0 Å². The largest absolute Gasteiger partial charge is 0.187 e. The molecule has 0 aliphatic rings. The molecular weight excluding hydrogens is 238 g/mol. The zero-order valence-electron chi connectivity index (χ0n) is 0.854. The molecule has 0 rings (SSSR count). The fourth-order valence-electron chi connectivity index (χ4n) is 0. The van der Waals surface area contributed by atoms with E-state index in [2.05, 4.69) is 0 Å². The van der Waals surface area contributed by atoms with Gasteiger partial charge in [-0.05, 0) is 0 Å². The Labute approximate surface area is 82.2 Å². The maximum atomic E-state index is 0. The average Bonchev–Trinajstić information content (AvgIpc) is 0. The fourth-order valence-corrected chi connectivity index (χ4v) is 0. The van der Waals surface area contributed by atoms with E-state index in [0.29, 0.717) is 0 Å². The second-order valence-electron chi connectivity index (χ2n) is 0. The second kappa shape index (κ2) is 17.9. The summed E-state index contributed by atoms with van der Waals surface area (Å²) in [4.78, 5) is 0. The summed E-state index contributed by atoms with van der Waals surface area (Å²) in [6, 6.07) is 0. The average molecular weight is 244 g/mol. The van der Waals surface area contributed by atoms with E-state index in [9.17, 15) is 0 Å². The van der Waals surface area contributed by atoms with Crippen molar-refractivity contribution >= 4 is 25.8 Å². The molecule has 4 heteroatoms. The Balaban J connectivity index is 0. The first-order valence-corrected chi connectivity index (χ1v) is 0. The third kappa shape index (κ3) is 8.82. The van der Waals surface area contributed by atoms with Crippen LogP contribution in [0.1, 0.15) is 0 Å². The van der Waals surface area contributed by atoms with E-state index < -0.39 is 0 Å². The smallest absolute Gasteiger partial charge is 0 e. The zero-order valence-corrected chi connectivity index (χ0v) is 5.17. The normalized spacial score (nSPS) is 0. The molecule has 0 aromatic rings. The van der Waals surface area contributed by atoms with Gasteiger partial charge in [0, 0.05) is 57.9 Å². The molecule has 0 fully saturated rings. The van der Waals surface area contributed by atoms with Gasteiger partial charge in [0.1, 0.15) is 0 Å². The number of hydrogen-bond acceptors (Lipinski definition) is 0. The van der Waals surface area contributed by atoms with Crippen molar-refractivity contribution in [2.24, 2.45) is 0 Å². The monoisotopic (exact) mass is 242 g/mol. The molecule has 0 aliphatic carbocycles. The molecule has 0 aromatic carbocycles. The molecule has 0 radical (unpaired) electrons. The second-order valence-corrected chi connectivity index (χ2v) is 0. The summed E-state index contributed by atoms with van der Waals surface area (Å²) in [6.07, 6.45) is 0. The van der Waals surface area contributed by atoms with Crippen molar-refractivity contribution in [3.8, 4) is 0 Å². The molecule has 0 N–H and O–H groups in total. The predicted octanol–water partition coefficient (Wildman–Crippen LogP) is -2.37. The van der Waals surface area contributed by atoms with Crippen molar-refractivity contribution < 1.29 is 57.9 Å². The first-order valence-electron chi connectivity index (χ1n) is 0. The third-order valence-corrected chi connectivity index (χ3v) is 0. The van der Waals surface area contributed by atoms with Crippen molar-refractivity contribution in [1.82, 2.24) is 0 Å². The topological polar surface area (TPSA) is 0 Å². The molecule has 0 aromatic heterocycles. The van der Waals surface area contributed by atoms with Gasteiger partial charge in [-0.25, -0.2) is 0 Å². The Morgan fingerprint density at radius 2 is 1.00 bits per heavy atom. The molecule has 0 saturated heterocycles. The van der Waals surface area contributed by atoms with Crippen LogP contribution in [0.2, 0.25) is 0 Å². The zero-order chi connectivity index (χ0) is 0. The van der Waals surface area contributed by atoms with E-state index in [1.807, 2.05) is 0 Å². The molecule has 0 amide bonds. The number of rotatable bonds is 0. The minimum absolute atomic E-state index is 0. The van der Waals surface area contributed by atoms with Crippen molar-refractivity contribution in [3.63, 3.8) is 0 Å². The van der Waals surface area contributed by atoms with E-state index in [0.717, 1.165) is 0 Å². The first-order chi connectivity index (χ1) is 0. The standard InChI is InChI=1S/Al.BH3.Fe.Nd.3H/h;1H3;;;;;. The summed E-state index contributed by atoms with van der Waals surface area (Å²) in [5, 5.41) is 0. The van der Waals surface area contributed by atoms with Gasteiger partial charge in [-0.1, -0.05) is 0 Å². The number of hydrogen-bond donors (Lipinski definition) is 0. The van der Waals surface area contributed by atoms with Gasteiger partial charge in [0.15, 0.2) is 17.4 Å². The van der Waals surface area contributed by atoms with Crippen LogP contribution in [0, 0.1) is 40.8 Å². The van der Waals surface area contributed by atoms with Crippen LogP contribution < -0.4 is 0 Å². The van der Waals surface area contributed by atoms with Crippen LogP contribution in [0.5, 0.6) is 0 Å². The Kier molecular flexibility index (Phi) is 142. The van der Waals surface area contributed by atoms with Gasteiger partial charge < -0.3 is 0 Å². The van der Waals surface area contributed by atoms with Gasteiger partial charge >= 0.3 is 0 Å². The quantitative estimate of drug-likeness (QED) is 0.418. The van der Waals surface area contributed by atoms with Gasteiger partial charge in [-0.3, -0.25) is 0 Å². The SMILES string of the molecule is B.[AlH3].[Fe].[Nd]. The van der Waals surface area contributed by atoms with E-state index in [4.69, 9.17) is 0 Å². The molecule has 24 valence electrons. The van der Waals surface area contributed by atoms with Crippen LogP contribution in [0.3, 0.4) is 0 Å². The summed E-state index contributed by atoms with van der Waals surface area (Å²) in [5.74, 6) is 0. The molecule has 0 atom stereocenters. The van der Waals surface area contributed by atoms with Crippen molar-refractivity contribution in [1.29, 1.82) is 0 Å². The van der Waals surface area contributed by atoms with E-state index >= 15 is 0 Å². The van der Waals surface area contributed by atoms with Gasteiger partial charge in [0.2, 0.25) is 0 Å². The summed E-state index contributed by atoms with van der Waals surface area (Å²) in [5.41, 5.74) is 0. The summed E-state index contributed by atoms with van der Waals surface area (Å²) < 4.78 is 0. The minimum Gasteiger partial charge on any atom is 0 e. The van der Waals surface area contributed by atoms with Crippen LogP contribution in [-0.2, 0) is 17.1 Å². The van der Waals surface area contributed by atoms with E-state index in [1.165, 1.54) is 0 Å². The minimum atomic E-state index is 0. The van der Waals surface area contributed by atoms with Gasteiger partial charge in [0.05, 0.1) is 8.41 Å². The maximum absolute atomic E-state index is 0. The summed E-state index contributed by atoms with van der Waals surface area (Å²) in [7, 11) is 0. The molecule has 0 unspecified atom stereocenters. The molecule has 0 saturated carbocycles. The van der Waals surface area contributed by atoms with Crippen LogP contribution in [0.15, 0.2) is 0 Å². The van der Waals surface area contributed by atoms with Gasteiger partial charge in [0.25, 0.3) is 0 Å². The molecule has 0 bridgehead atoms. The molecule has 0 spiro atoms. The Bertz CT molecular complexity index is 8.00. The summed E-state index contributed by atoms with van der Waals surface area (Å²) in [6.45, 7) is 0. The van der Waals surface area contributed by atoms with E-state index in [-0.39, 0.29) is 83.7 Å². The maximum Gasteiger partial charge on any atom is 0.187 e. The van der Waals surface area contributed by atoms with Crippen LogP contribution in [0.4, 0.5) is 0 Å². The Morgan fingerprint density at radius 3 is 1.00 bits per heavy atom. The van der Waals surface area contributed by atoms with Crippen molar-refractivity contribution in [2.75, 3.05) is 0 Å². The Morgan fingerprint density at radius 1 is 1.00 bits per heavy atom. The molecular formula is H6AlBFeNd. The molecule has 0 heterocycles. The van der Waals surface area contributed by atoms with Gasteiger partial charge in [-0.15, -0.1) is 0 Å². The van der Waals surface area contributed by atoms with Gasteiger partial charge in [-0.2, -0.15) is 0 Å².